The number of hydrogen-bond acceptors (Lipinski definition) is 6. The molecule has 132 valence electrons. The van der Waals surface area contributed by atoms with Crippen LogP contribution in [0.25, 0.3) is 0 Å². The minimum atomic E-state index is -3.01. The summed E-state index contributed by atoms with van der Waals surface area (Å²) < 4.78 is 34.1. The fourth-order valence-electron chi connectivity index (χ4n) is 2.11. The molecule has 0 aliphatic carbocycles. The van der Waals surface area contributed by atoms with Gasteiger partial charge in [-0.25, -0.2) is 4.79 Å². The second-order valence-corrected chi connectivity index (χ2v) is 4.82. The van der Waals surface area contributed by atoms with Crippen molar-refractivity contribution in [3.05, 3.63) is 68.1 Å². The Labute approximate surface area is 139 Å². The van der Waals surface area contributed by atoms with Gasteiger partial charge in [0.05, 0.1) is 24.8 Å². The van der Waals surface area contributed by atoms with Gasteiger partial charge < -0.3 is 14.0 Å². The topological polar surface area (TPSA) is 101 Å². The van der Waals surface area contributed by atoms with E-state index in [9.17, 15) is 28.5 Å². The second kappa shape index (κ2) is 7.51. The number of esters is 1. The van der Waals surface area contributed by atoms with Crippen molar-refractivity contribution in [2.45, 2.75) is 13.2 Å². The lowest BCUT2D eigenvalue weighted by Gasteiger charge is -2.10. The molecular weight excluding hydrogens is 342 g/mol. The molecule has 0 bridgehead atoms. The summed E-state index contributed by atoms with van der Waals surface area (Å²) in [5.74, 6) is -1.14. The molecule has 2 rings (SSSR count). The molecule has 25 heavy (non-hydrogen) atoms. The van der Waals surface area contributed by atoms with Gasteiger partial charge in [0.1, 0.15) is 11.3 Å². The number of carbonyl (C=O) groups is 1. The van der Waals surface area contributed by atoms with Gasteiger partial charge in [0.25, 0.3) is 11.2 Å². The predicted octanol–water partition coefficient (Wildman–Crippen LogP) is 2.19. The van der Waals surface area contributed by atoms with Crippen LogP contribution in [0.5, 0.6) is 5.75 Å². The Hall–Kier alpha value is -3.30. The van der Waals surface area contributed by atoms with Gasteiger partial charge >= 0.3 is 12.6 Å². The van der Waals surface area contributed by atoms with Crippen LogP contribution in [-0.4, -0.2) is 29.2 Å². The van der Waals surface area contributed by atoms with Crippen LogP contribution in [0.2, 0.25) is 0 Å². The first kappa shape index (κ1) is 18.0. The van der Waals surface area contributed by atoms with E-state index in [2.05, 4.69) is 9.47 Å². The summed E-state index contributed by atoms with van der Waals surface area (Å²) >= 11 is 0. The van der Waals surface area contributed by atoms with Crippen molar-refractivity contribution in [2.24, 2.45) is 0 Å². The molecule has 1 aromatic carbocycles. The fourth-order valence-corrected chi connectivity index (χ4v) is 2.11. The van der Waals surface area contributed by atoms with Crippen molar-refractivity contribution in [3.63, 3.8) is 0 Å². The molecule has 0 radical (unpaired) electrons. The summed E-state index contributed by atoms with van der Waals surface area (Å²) in [4.78, 5) is 34.2. The highest BCUT2D eigenvalue weighted by Crippen LogP contribution is 2.17. The molecule has 0 spiro atoms. The maximum Gasteiger partial charge on any atom is 0.387 e. The number of halogens is 2. The van der Waals surface area contributed by atoms with Crippen LogP contribution < -0.4 is 10.3 Å². The molecule has 0 saturated heterocycles. The fraction of sp³-hybridized carbons (Fsp3) is 0.200. The molecule has 1 heterocycles. The van der Waals surface area contributed by atoms with Gasteiger partial charge in [-0.05, 0) is 17.7 Å². The Balaban J connectivity index is 2.45. The van der Waals surface area contributed by atoms with Crippen molar-refractivity contribution >= 4 is 11.7 Å². The van der Waals surface area contributed by atoms with E-state index in [0.717, 1.165) is 23.9 Å². The average molecular weight is 354 g/mol. The number of methoxy groups -OCH3 is 1. The summed E-state index contributed by atoms with van der Waals surface area (Å²) in [6.07, 6.45) is 0.954. The lowest BCUT2D eigenvalue weighted by Crippen LogP contribution is -2.27. The number of nitrogens with zero attached hydrogens (tertiary/aromatic N) is 2. The summed E-state index contributed by atoms with van der Waals surface area (Å²) in [7, 11) is 1.04. The van der Waals surface area contributed by atoms with E-state index in [4.69, 9.17) is 0 Å². The maximum absolute atomic E-state index is 12.3. The highest BCUT2D eigenvalue weighted by molar-refractivity contribution is 5.89. The number of rotatable bonds is 6. The molecule has 0 unspecified atom stereocenters. The zero-order valence-corrected chi connectivity index (χ0v) is 12.8. The Morgan fingerprint density at radius 3 is 2.68 bits per heavy atom. The molecule has 2 aromatic rings. The third kappa shape index (κ3) is 4.37. The maximum atomic E-state index is 12.3. The van der Waals surface area contributed by atoms with Crippen molar-refractivity contribution in [1.82, 2.24) is 4.57 Å². The lowest BCUT2D eigenvalue weighted by atomic mass is 10.2. The largest absolute Gasteiger partial charge is 0.465 e. The van der Waals surface area contributed by atoms with Gasteiger partial charge in [0.2, 0.25) is 0 Å². The molecule has 0 atom stereocenters. The standard InChI is InChI=1S/C15H12F2N2O6/c1-24-14(21)12-6-10(19(22)23)8-18(13(12)20)7-9-3-2-4-11(5-9)25-15(16)17/h2-6,8,15H,7H2,1H3. The van der Waals surface area contributed by atoms with Gasteiger partial charge in [-0.3, -0.25) is 14.9 Å². The third-order valence-electron chi connectivity index (χ3n) is 3.16. The van der Waals surface area contributed by atoms with Gasteiger partial charge in [-0.1, -0.05) is 12.1 Å². The number of aromatic nitrogens is 1. The van der Waals surface area contributed by atoms with Crippen molar-refractivity contribution < 1.29 is 28.0 Å². The van der Waals surface area contributed by atoms with Crippen molar-refractivity contribution in [2.75, 3.05) is 7.11 Å². The highest BCUT2D eigenvalue weighted by Gasteiger charge is 2.20. The van der Waals surface area contributed by atoms with Gasteiger partial charge in [-0.2, -0.15) is 8.78 Å². The number of alkyl halides is 2. The summed E-state index contributed by atoms with van der Waals surface area (Å²) in [6.45, 7) is -3.20. The zero-order chi connectivity index (χ0) is 18.6. The number of nitro groups is 1. The van der Waals surface area contributed by atoms with Gasteiger partial charge in [0, 0.05) is 6.07 Å². The number of benzene rings is 1. The molecule has 0 aliphatic rings. The van der Waals surface area contributed by atoms with Crippen LogP contribution in [0.3, 0.4) is 0 Å². The zero-order valence-electron chi connectivity index (χ0n) is 12.8. The molecule has 0 amide bonds. The van der Waals surface area contributed by atoms with Crippen LogP contribution in [0.15, 0.2) is 41.3 Å². The smallest absolute Gasteiger partial charge is 0.387 e. The molecular formula is C15H12F2N2O6. The molecule has 0 saturated carbocycles. The van der Waals surface area contributed by atoms with E-state index in [0.29, 0.717) is 5.56 Å². The molecule has 0 N–H and O–H groups in total. The normalized spacial score (nSPS) is 10.6. The van der Waals surface area contributed by atoms with E-state index in [-0.39, 0.29) is 12.3 Å². The van der Waals surface area contributed by atoms with Crippen LogP contribution in [-0.2, 0) is 11.3 Å². The van der Waals surface area contributed by atoms with Crippen LogP contribution in [0.4, 0.5) is 14.5 Å². The number of hydrogen-bond donors (Lipinski definition) is 0. The van der Waals surface area contributed by atoms with Gasteiger partial charge in [0.15, 0.2) is 0 Å². The number of pyridine rings is 1. The minimum absolute atomic E-state index is 0.126. The number of ether oxygens (including phenoxy) is 2. The molecule has 8 nitrogen and oxygen atoms in total. The van der Waals surface area contributed by atoms with E-state index in [1.807, 2.05) is 0 Å². The monoisotopic (exact) mass is 354 g/mol. The first-order chi connectivity index (χ1) is 11.8. The van der Waals surface area contributed by atoms with Crippen LogP contribution in [0.1, 0.15) is 15.9 Å². The SMILES string of the molecule is COC(=O)c1cc([N+](=O)[O-])cn(Cc2cccc(OC(F)F)c2)c1=O. The first-order valence-electron chi connectivity index (χ1n) is 6.82. The highest BCUT2D eigenvalue weighted by atomic mass is 19.3. The third-order valence-corrected chi connectivity index (χ3v) is 3.16. The second-order valence-electron chi connectivity index (χ2n) is 4.82. The van der Waals surface area contributed by atoms with Crippen LogP contribution in [0, 0.1) is 10.1 Å². The van der Waals surface area contributed by atoms with Crippen molar-refractivity contribution in [3.8, 4) is 5.75 Å². The summed E-state index contributed by atoms with van der Waals surface area (Å²) in [6, 6.07) is 6.32. The Kier molecular flexibility index (Phi) is 5.42. The molecule has 0 aliphatic heterocycles. The Morgan fingerprint density at radius 1 is 1.36 bits per heavy atom. The Bertz CT molecular complexity index is 865. The minimum Gasteiger partial charge on any atom is -0.465 e. The van der Waals surface area contributed by atoms with Gasteiger partial charge in [-0.15, -0.1) is 0 Å². The Morgan fingerprint density at radius 2 is 2.08 bits per heavy atom. The van der Waals surface area contributed by atoms with E-state index in [1.165, 1.54) is 24.3 Å². The van der Waals surface area contributed by atoms with Crippen LogP contribution >= 0.6 is 0 Å². The molecule has 1 aromatic heterocycles. The molecule has 10 heteroatoms. The van der Waals surface area contributed by atoms with E-state index >= 15 is 0 Å². The molecule has 0 fully saturated rings. The van der Waals surface area contributed by atoms with E-state index in [1.54, 1.807) is 0 Å². The first-order valence-corrected chi connectivity index (χ1v) is 6.82. The average Bonchev–Trinajstić information content (AvgIpc) is 2.55. The van der Waals surface area contributed by atoms with E-state index < -0.39 is 34.3 Å². The lowest BCUT2D eigenvalue weighted by molar-refractivity contribution is -0.385. The predicted molar refractivity (Wildman–Crippen MR) is 80.9 cm³/mol. The quantitative estimate of drug-likeness (QED) is 0.448. The number of carbonyl (C=O) groups excluding carboxylic acids is 1. The van der Waals surface area contributed by atoms with Crippen molar-refractivity contribution in [1.29, 1.82) is 0 Å². The summed E-state index contributed by atoms with van der Waals surface area (Å²) in [5, 5.41) is 11.0. The summed E-state index contributed by atoms with van der Waals surface area (Å²) in [5.41, 5.74) is -1.43.